The topological polar surface area (TPSA) is 61.4 Å². The van der Waals surface area contributed by atoms with Gasteiger partial charge >= 0.3 is 0 Å². The minimum absolute atomic E-state index is 0. The minimum atomic E-state index is -0.124. The van der Waals surface area contributed by atoms with E-state index in [4.69, 9.17) is 0 Å². The quantitative estimate of drug-likeness (QED) is 0.810. The first-order valence-corrected chi connectivity index (χ1v) is 6.95. The maximum atomic E-state index is 11.9. The average Bonchev–Trinajstić information content (AvgIpc) is 2.43. The molecule has 21 heavy (non-hydrogen) atoms. The first-order chi connectivity index (χ1) is 9.56. The van der Waals surface area contributed by atoms with Gasteiger partial charge in [0.1, 0.15) is 0 Å². The molecule has 0 radical (unpaired) electrons. The van der Waals surface area contributed by atoms with Gasteiger partial charge in [-0.3, -0.25) is 9.59 Å². The summed E-state index contributed by atoms with van der Waals surface area (Å²) in [5, 5.41) is 5.56. The van der Waals surface area contributed by atoms with Crippen molar-refractivity contribution in [3.8, 4) is 0 Å². The summed E-state index contributed by atoms with van der Waals surface area (Å²) in [6.07, 6.45) is 0. The second-order valence-corrected chi connectivity index (χ2v) is 4.54. The van der Waals surface area contributed by atoms with Gasteiger partial charge in [-0.15, -0.1) is 12.4 Å². The number of carbonyl (C=O) groups is 2. The highest BCUT2D eigenvalue weighted by Crippen LogP contribution is 2.09. The summed E-state index contributed by atoms with van der Waals surface area (Å²) in [5.41, 5.74) is 1.29. The standard InChI is InChI=1S/C15H23N3O2.ClH/c1-4-18(5-2)11-10-16-15(20)13-6-8-14(9-7-13)17-12(3)19;/h6-9H,4-5,10-11H2,1-3H3,(H,16,20)(H,17,19);1H. The molecule has 2 amide bonds. The molecule has 0 bridgehead atoms. The second-order valence-electron chi connectivity index (χ2n) is 4.54. The number of hydrogen-bond donors (Lipinski definition) is 2. The normalized spacial score (nSPS) is 9.90. The van der Waals surface area contributed by atoms with Gasteiger partial charge in [-0.1, -0.05) is 13.8 Å². The van der Waals surface area contributed by atoms with Crippen LogP contribution in [-0.4, -0.2) is 42.9 Å². The van der Waals surface area contributed by atoms with Gasteiger partial charge in [0, 0.05) is 31.3 Å². The molecule has 0 fully saturated rings. The average molecular weight is 314 g/mol. The SMILES string of the molecule is CCN(CC)CCNC(=O)c1ccc(NC(C)=O)cc1.Cl. The second kappa shape index (κ2) is 10.2. The number of hydrogen-bond acceptors (Lipinski definition) is 3. The van der Waals surface area contributed by atoms with Crippen molar-refractivity contribution >= 4 is 29.9 Å². The van der Waals surface area contributed by atoms with Crippen LogP contribution in [0.15, 0.2) is 24.3 Å². The number of rotatable bonds is 7. The van der Waals surface area contributed by atoms with E-state index in [0.29, 0.717) is 17.8 Å². The highest BCUT2D eigenvalue weighted by molar-refractivity contribution is 5.95. The van der Waals surface area contributed by atoms with Crippen molar-refractivity contribution in [3.05, 3.63) is 29.8 Å². The van der Waals surface area contributed by atoms with E-state index in [1.165, 1.54) is 6.92 Å². The molecular weight excluding hydrogens is 290 g/mol. The van der Waals surface area contributed by atoms with E-state index in [1.807, 2.05) is 0 Å². The molecular formula is C15H24ClN3O2. The molecule has 0 unspecified atom stereocenters. The highest BCUT2D eigenvalue weighted by atomic mass is 35.5. The lowest BCUT2D eigenvalue weighted by atomic mass is 10.2. The Hall–Kier alpha value is -1.59. The molecule has 5 nitrogen and oxygen atoms in total. The van der Waals surface area contributed by atoms with Gasteiger partial charge in [-0.25, -0.2) is 0 Å². The Morgan fingerprint density at radius 2 is 1.67 bits per heavy atom. The van der Waals surface area contributed by atoms with Crippen LogP contribution in [0.5, 0.6) is 0 Å². The lowest BCUT2D eigenvalue weighted by Gasteiger charge is -2.17. The van der Waals surface area contributed by atoms with Gasteiger partial charge in [0.2, 0.25) is 5.91 Å². The van der Waals surface area contributed by atoms with Crippen LogP contribution in [-0.2, 0) is 4.79 Å². The highest BCUT2D eigenvalue weighted by Gasteiger charge is 2.06. The lowest BCUT2D eigenvalue weighted by Crippen LogP contribution is -2.34. The molecule has 1 aromatic carbocycles. The van der Waals surface area contributed by atoms with E-state index in [0.717, 1.165) is 19.6 Å². The Balaban J connectivity index is 0.00000400. The fourth-order valence-electron chi connectivity index (χ4n) is 1.88. The van der Waals surface area contributed by atoms with Gasteiger partial charge in [-0.05, 0) is 37.4 Å². The van der Waals surface area contributed by atoms with E-state index >= 15 is 0 Å². The van der Waals surface area contributed by atoms with Crippen molar-refractivity contribution in [2.75, 3.05) is 31.5 Å². The Morgan fingerprint density at radius 3 is 2.14 bits per heavy atom. The smallest absolute Gasteiger partial charge is 0.251 e. The lowest BCUT2D eigenvalue weighted by molar-refractivity contribution is -0.114. The molecule has 0 saturated carbocycles. The van der Waals surface area contributed by atoms with E-state index in [1.54, 1.807) is 24.3 Å². The third kappa shape index (κ3) is 7.11. The predicted octanol–water partition coefficient (Wildman–Crippen LogP) is 2.14. The van der Waals surface area contributed by atoms with Crippen molar-refractivity contribution < 1.29 is 9.59 Å². The van der Waals surface area contributed by atoms with Crippen molar-refractivity contribution in [2.24, 2.45) is 0 Å². The van der Waals surface area contributed by atoms with Crippen LogP contribution < -0.4 is 10.6 Å². The molecule has 0 atom stereocenters. The zero-order chi connectivity index (χ0) is 15.0. The zero-order valence-electron chi connectivity index (χ0n) is 12.8. The first kappa shape index (κ1) is 19.4. The van der Waals surface area contributed by atoms with Crippen LogP contribution >= 0.6 is 12.4 Å². The van der Waals surface area contributed by atoms with Crippen molar-refractivity contribution in [1.82, 2.24) is 10.2 Å². The first-order valence-electron chi connectivity index (χ1n) is 6.95. The molecule has 6 heteroatoms. The van der Waals surface area contributed by atoms with Crippen molar-refractivity contribution in [3.63, 3.8) is 0 Å². The van der Waals surface area contributed by atoms with E-state index in [9.17, 15) is 9.59 Å². The number of halogens is 1. The fraction of sp³-hybridized carbons (Fsp3) is 0.467. The zero-order valence-corrected chi connectivity index (χ0v) is 13.6. The summed E-state index contributed by atoms with van der Waals surface area (Å²) in [6, 6.07) is 6.86. The summed E-state index contributed by atoms with van der Waals surface area (Å²) < 4.78 is 0. The van der Waals surface area contributed by atoms with Gasteiger partial charge < -0.3 is 15.5 Å². The Labute approximate surface area is 132 Å². The number of carbonyl (C=O) groups excluding carboxylic acids is 2. The van der Waals surface area contributed by atoms with Gasteiger partial charge in [0.05, 0.1) is 0 Å². The van der Waals surface area contributed by atoms with Crippen LogP contribution in [0.2, 0.25) is 0 Å². The summed E-state index contributed by atoms with van der Waals surface area (Å²) in [7, 11) is 0. The summed E-state index contributed by atoms with van der Waals surface area (Å²) in [6.45, 7) is 9.11. The van der Waals surface area contributed by atoms with Crippen LogP contribution in [0.1, 0.15) is 31.1 Å². The monoisotopic (exact) mass is 313 g/mol. The molecule has 0 saturated heterocycles. The summed E-state index contributed by atoms with van der Waals surface area (Å²) in [4.78, 5) is 25.1. The van der Waals surface area contributed by atoms with E-state index < -0.39 is 0 Å². The van der Waals surface area contributed by atoms with Crippen LogP contribution in [0.4, 0.5) is 5.69 Å². The minimum Gasteiger partial charge on any atom is -0.351 e. The number of likely N-dealkylation sites (N-methyl/N-ethyl adjacent to an activating group) is 1. The van der Waals surface area contributed by atoms with Crippen LogP contribution in [0, 0.1) is 0 Å². The molecule has 0 spiro atoms. The van der Waals surface area contributed by atoms with E-state index in [-0.39, 0.29) is 24.2 Å². The molecule has 0 aromatic heterocycles. The molecule has 1 rings (SSSR count). The number of nitrogens with one attached hydrogen (secondary N) is 2. The number of amides is 2. The van der Waals surface area contributed by atoms with Gasteiger partial charge in [0.25, 0.3) is 5.91 Å². The number of nitrogens with zero attached hydrogens (tertiary/aromatic N) is 1. The fourth-order valence-corrected chi connectivity index (χ4v) is 1.88. The Kier molecular flexibility index (Phi) is 9.41. The maximum absolute atomic E-state index is 11.9. The third-order valence-corrected chi connectivity index (χ3v) is 3.08. The van der Waals surface area contributed by atoms with E-state index in [2.05, 4.69) is 29.4 Å². The molecule has 0 aliphatic carbocycles. The van der Waals surface area contributed by atoms with Crippen LogP contribution in [0.3, 0.4) is 0 Å². The summed E-state index contributed by atoms with van der Waals surface area (Å²) >= 11 is 0. The van der Waals surface area contributed by atoms with Crippen LogP contribution in [0.25, 0.3) is 0 Å². The predicted molar refractivity (Wildman–Crippen MR) is 88.1 cm³/mol. The summed E-state index contributed by atoms with van der Waals surface area (Å²) in [5.74, 6) is -0.215. The Bertz CT molecular complexity index is 445. The van der Waals surface area contributed by atoms with Crippen molar-refractivity contribution in [2.45, 2.75) is 20.8 Å². The molecule has 2 N–H and O–H groups in total. The molecule has 0 aliphatic heterocycles. The van der Waals surface area contributed by atoms with Gasteiger partial charge in [0.15, 0.2) is 0 Å². The van der Waals surface area contributed by atoms with Gasteiger partial charge in [-0.2, -0.15) is 0 Å². The molecule has 118 valence electrons. The molecule has 1 aromatic rings. The van der Waals surface area contributed by atoms with Crippen molar-refractivity contribution in [1.29, 1.82) is 0 Å². The largest absolute Gasteiger partial charge is 0.351 e. The number of benzene rings is 1. The Morgan fingerprint density at radius 1 is 1.10 bits per heavy atom. The third-order valence-electron chi connectivity index (χ3n) is 3.08. The maximum Gasteiger partial charge on any atom is 0.251 e. The molecule has 0 aliphatic rings. The number of anilines is 1. The molecule has 0 heterocycles.